The minimum atomic E-state index is 0.866. The average molecular weight is 418 g/mol. The van der Waals surface area contributed by atoms with E-state index < -0.39 is 0 Å². The van der Waals surface area contributed by atoms with Gasteiger partial charge in [-0.3, -0.25) is 4.90 Å². The molecule has 7 heteroatoms. The number of piperazine rings is 1. The van der Waals surface area contributed by atoms with E-state index in [1.165, 1.54) is 0 Å². The van der Waals surface area contributed by atoms with Crippen LogP contribution in [0.1, 0.15) is 5.69 Å². The monoisotopic (exact) mass is 417 g/mol. The Kier molecular flexibility index (Phi) is 5.29. The van der Waals surface area contributed by atoms with Gasteiger partial charge in [-0.15, -0.1) is 11.3 Å². The van der Waals surface area contributed by atoms with Crippen LogP contribution < -0.4 is 9.64 Å². The van der Waals surface area contributed by atoms with Crippen molar-refractivity contribution in [2.45, 2.75) is 6.54 Å². The molecule has 1 saturated heterocycles. The average Bonchev–Trinajstić information content (AvgIpc) is 3.28. The molecule has 1 aliphatic rings. The van der Waals surface area contributed by atoms with Crippen molar-refractivity contribution in [3.63, 3.8) is 0 Å². The number of nitrogens with zero attached hydrogens (tertiary/aromatic N) is 5. The first-order chi connectivity index (χ1) is 14.8. The fourth-order valence-corrected chi connectivity index (χ4v) is 4.65. The number of anilines is 1. The Balaban J connectivity index is 1.23. The maximum absolute atomic E-state index is 5.24. The number of para-hydroxylation sites is 1. The maximum Gasteiger partial charge on any atom is 0.139 e. The molecule has 3 heterocycles. The maximum atomic E-state index is 5.24. The SMILES string of the molecule is COc1ccc(-c2nc(CN3CCN(c4ncnc5ccccc45)CC3)cs2)cc1. The van der Waals surface area contributed by atoms with Gasteiger partial charge in [0.2, 0.25) is 0 Å². The van der Waals surface area contributed by atoms with E-state index in [0.717, 1.165) is 71.5 Å². The molecule has 152 valence electrons. The number of fused-ring (bicyclic) bond motifs is 1. The van der Waals surface area contributed by atoms with Crippen LogP contribution >= 0.6 is 11.3 Å². The molecule has 0 amide bonds. The number of thiazole rings is 1. The normalized spacial score (nSPS) is 14.9. The van der Waals surface area contributed by atoms with Crippen LogP contribution in [-0.2, 0) is 6.54 Å². The van der Waals surface area contributed by atoms with Crippen LogP contribution in [0.3, 0.4) is 0 Å². The van der Waals surface area contributed by atoms with Gasteiger partial charge >= 0.3 is 0 Å². The summed E-state index contributed by atoms with van der Waals surface area (Å²) in [5, 5.41) is 4.35. The van der Waals surface area contributed by atoms with Crippen molar-refractivity contribution in [3.05, 3.63) is 65.9 Å². The summed E-state index contributed by atoms with van der Waals surface area (Å²) in [6.07, 6.45) is 1.67. The quantitative estimate of drug-likeness (QED) is 0.488. The molecule has 0 N–H and O–H groups in total. The molecule has 0 spiro atoms. The number of methoxy groups -OCH3 is 1. The lowest BCUT2D eigenvalue weighted by atomic mass is 10.2. The van der Waals surface area contributed by atoms with E-state index in [0.29, 0.717) is 0 Å². The first kappa shape index (κ1) is 19.0. The first-order valence-electron chi connectivity index (χ1n) is 10.1. The Hall–Kier alpha value is -3.03. The first-order valence-corrected chi connectivity index (χ1v) is 10.9. The smallest absolute Gasteiger partial charge is 0.139 e. The standard InChI is InChI=1S/C23H23N5OS/c1-29-19-8-6-17(7-9-19)23-26-18(15-30-23)14-27-10-12-28(13-11-27)22-20-4-2-3-5-21(20)24-16-25-22/h2-9,15-16H,10-14H2,1H3. The zero-order valence-corrected chi connectivity index (χ0v) is 17.7. The molecule has 2 aromatic heterocycles. The van der Waals surface area contributed by atoms with Crippen LogP contribution in [0, 0.1) is 0 Å². The summed E-state index contributed by atoms with van der Waals surface area (Å²) in [7, 11) is 1.68. The van der Waals surface area contributed by atoms with Gasteiger partial charge in [0.05, 0.1) is 18.3 Å². The van der Waals surface area contributed by atoms with Gasteiger partial charge in [-0.1, -0.05) is 12.1 Å². The Morgan fingerprint density at radius 1 is 0.967 bits per heavy atom. The van der Waals surface area contributed by atoms with Crippen molar-refractivity contribution < 1.29 is 4.74 Å². The summed E-state index contributed by atoms with van der Waals surface area (Å²) in [4.78, 5) is 18.6. The Morgan fingerprint density at radius 2 is 1.77 bits per heavy atom. The van der Waals surface area contributed by atoms with Crippen LogP contribution in [0.4, 0.5) is 5.82 Å². The number of hydrogen-bond donors (Lipinski definition) is 0. The van der Waals surface area contributed by atoms with Crippen LogP contribution in [0.5, 0.6) is 5.75 Å². The summed E-state index contributed by atoms with van der Waals surface area (Å²) < 4.78 is 5.24. The van der Waals surface area contributed by atoms with Gasteiger partial charge in [-0.2, -0.15) is 0 Å². The molecule has 2 aromatic carbocycles. The molecule has 6 nitrogen and oxygen atoms in total. The van der Waals surface area contributed by atoms with Gasteiger partial charge < -0.3 is 9.64 Å². The zero-order chi connectivity index (χ0) is 20.3. The second-order valence-corrected chi connectivity index (χ2v) is 8.21. The van der Waals surface area contributed by atoms with Crippen LogP contribution in [0.2, 0.25) is 0 Å². The van der Waals surface area contributed by atoms with Crippen molar-refractivity contribution in [1.82, 2.24) is 19.9 Å². The topological polar surface area (TPSA) is 54.4 Å². The van der Waals surface area contributed by atoms with E-state index in [1.807, 2.05) is 30.3 Å². The molecule has 1 fully saturated rings. The lowest BCUT2D eigenvalue weighted by molar-refractivity contribution is 0.247. The van der Waals surface area contributed by atoms with Gasteiger partial charge in [0.1, 0.15) is 22.9 Å². The molecule has 30 heavy (non-hydrogen) atoms. The van der Waals surface area contributed by atoms with Crippen LogP contribution in [0.25, 0.3) is 21.5 Å². The summed E-state index contributed by atoms with van der Waals surface area (Å²) >= 11 is 1.70. The van der Waals surface area contributed by atoms with Crippen molar-refractivity contribution in [3.8, 4) is 16.3 Å². The lowest BCUT2D eigenvalue weighted by Gasteiger charge is -2.35. The van der Waals surface area contributed by atoms with Crippen molar-refractivity contribution in [2.24, 2.45) is 0 Å². The third kappa shape index (κ3) is 3.86. The summed E-state index contributed by atoms with van der Waals surface area (Å²) in [6, 6.07) is 16.3. The number of benzene rings is 2. The summed E-state index contributed by atoms with van der Waals surface area (Å²) in [6.45, 7) is 4.78. The third-order valence-corrected chi connectivity index (χ3v) is 6.41. The molecule has 5 rings (SSSR count). The van der Waals surface area contributed by atoms with E-state index in [-0.39, 0.29) is 0 Å². The number of rotatable bonds is 5. The second-order valence-electron chi connectivity index (χ2n) is 7.35. The van der Waals surface area contributed by atoms with Gasteiger partial charge in [-0.25, -0.2) is 15.0 Å². The highest BCUT2D eigenvalue weighted by molar-refractivity contribution is 7.13. The highest BCUT2D eigenvalue weighted by Crippen LogP contribution is 2.27. The fourth-order valence-electron chi connectivity index (χ4n) is 3.84. The zero-order valence-electron chi connectivity index (χ0n) is 16.9. The molecule has 0 bridgehead atoms. The predicted molar refractivity (Wildman–Crippen MR) is 121 cm³/mol. The van der Waals surface area contributed by atoms with Crippen molar-refractivity contribution in [1.29, 1.82) is 0 Å². The van der Waals surface area contributed by atoms with Crippen LogP contribution in [0.15, 0.2) is 60.2 Å². The van der Waals surface area contributed by atoms with Gasteiger partial charge in [0.25, 0.3) is 0 Å². The number of hydrogen-bond acceptors (Lipinski definition) is 7. The van der Waals surface area contributed by atoms with E-state index >= 15 is 0 Å². The largest absolute Gasteiger partial charge is 0.497 e. The van der Waals surface area contributed by atoms with Crippen molar-refractivity contribution >= 4 is 28.1 Å². The molecule has 1 aliphatic heterocycles. The van der Waals surface area contributed by atoms with Gasteiger partial charge in [0.15, 0.2) is 0 Å². The second kappa shape index (κ2) is 8.38. The Labute approximate surface area is 179 Å². The fraction of sp³-hybridized carbons (Fsp3) is 0.261. The molecular formula is C23H23N5OS. The molecule has 0 atom stereocenters. The van der Waals surface area contributed by atoms with Gasteiger partial charge in [-0.05, 0) is 36.4 Å². The molecule has 0 saturated carbocycles. The van der Waals surface area contributed by atoms with E-state index in [4.69, 9.17) is 9.72 Å². The number of ether oxygens (including phenoxy) is 1. The highest BCUT2D eigenvalue weighted by Gasteiger charge is 2.20. The Morgan fingerprint density at radius 3 is 2.57 bits per heavy atom. The summed E-state index contributed by atoms with van der Waals surface area (Å²) in [5.74, 6) is 1.90. The molecule has 0 radical (unpaired) electrons. The molecule has 0 unspecified atom stereocenters. The van der Waals surface area contributed by atoms with Gasteiger partial charge in [0, 0.05) is 49.1 Å². The summed E-state index contributed by atoms with van der Waals surface area (Å²) in [5.41, 5.74) is 3.26. The molecule has 4 aromatic rings. The minimum Gasteiger partial charge on any atom is -0.497 e. The lowest BCUT2D eigenvalue weighted by Crippen LogP contribution is -2.46. The third-order valence-electron chi connectivity index (χ3n) is 5.47. The molecule has 0 aliphatic carbocycles. The van der Waals surface area contributed by atoms with E-state index in [9.17, 15) is 0 Å². The Bertz CT molecular complexity index is 1130. The minimum absolute atomic E-state index is 0.866. The van der Waals surface area contributed by atoms with E-state index in [2.05, 4.69) is 43.3 Å². The highest BCUT2D eigenvalue weighted by atomic mass is 32.1. The number of aromatic nitrogens is 3. The van der Waals surface area contributed by atoms with Crippen LogP contribution in [-0.4, -0.2) is 53.1 Å². The predicted octanol–water partition coefficient (Wildman–Crippen LogP) is 4.08. The van der Waals surface area contributed by atoms with Crippen molar-refractivity contribution in [2.75, 3.05) is 38.2 Å². The van der Waals surface area contributed by atoms with E-state index in [1.54, 1.807) is 24.8 Å². The molecular weight excluding hydrogens is 394 g/mol.